The Morgan fingerprint density at radius 3 is 1.97 bits per heavy atom. The number of hydrogen-bond donors (Lipinski definition) is 1. The number of nitroso groups, excluding NO2 is 1. The van der Waals surface area contributed by atoms with Crippen LogP contribution in [0.5, 0.6) is 0 Å². The van der Waals surface area contributed by atoms with Gasteiger partial charge in [0.05, 0.1) is 64.1 Å². The number of anilines is 1. The van der Waals surface area contributed by atoms with Crippen LogP contribution >= 0.6 is 0 Å². The molecule has 35 heavy (non-hydrogen) atoms. The largest absolute Gasteiger partial charge is 0.460 e. The number of nitrogens with one attached hydrogen (secondary N) is 1. The lowest BCUT2D eigenvalue weighted by Crippen LogP contribution is -2.17. The molecule has 198 valence electrons. The van der Waals surface area contributed by atoms with E-state index >= 15 is 0 Å². The molecule has 1 amide bonds. The van der Waals surface area contributed by atoms with E-state index in [0.29, 0.717) is 63.9 Å². The number of esters is 1. The first-order chi connectivity index (χ1) is 17.2. The second kappa shape index (κ2) is 22.1. The van der Waals surface area contributed by atoms with Crippen LogP contribution in [0, 0.1) is 4.91 Å². The molecule has 10 heteroatoms. The monoisotopic (exact) mass is 496 g/mol. The van der Waals surface area contributed by atoms with Crippen LogP contribution in [-0.4, -0.2) is 77.9 Å². The highest BCUT2D eigenvalue weighted by Crippen LogP contribution is 2.17. The summed E-state index contributed by atoms with van der Waals surface area (Å²) in [7, 11) is 0. The molecule has 0 spiro atoms. The number of rotatable bonds is 23. The number of para-hydroxylation sites is 1. The van der Waals surface area contributed by atoms with Crippen molar-refractivity contribution in [2.24, 2.45) is 5.18 Å². The number of unbranched alkanes of at least 4 members (excludes halogenated alkanes) is 4. The fourth-order valence-electron chi connectivity index (χ4n) is 3.01. The van der Waals surface area contributed by atoms with Crippen molar-refractivity contribution in [1.29, 1.82) is 0 Å². The van der Waals surface area contributed by atoms with Gasteiger partial charge in [0.2, 0.25) is 5.91 Å². The molecule has 10 nitrogen and oxygen atoms in total. The fraction of sp³-hybridized carbons (Fsp3) is 0.680. The van der Waals surface area contributed by atoms with Crippen molar-refractivity contribution in [2.75, 3.05) is 71.3 Å². The van der Waals surface area contributed by atoms with Crippen molar-refractivity contribution in [3.05, 3.63) is 34.7 Å². The minimum absolute atomic E-state index is 0.0985. The third-order valence-electron chi connectivity index (χ3n) is 4.83. The highest BCUT2D eigenvalue weighted by Gasteiger charge is 2.14. The zero-order chi connectivity index (χ0) is 25.4. The van der Waals surface area contributed by atoms with Gasteiger partial charge in [0, 0.05) is 6.42 Å². The van der Waals surface area contributed by atoms with Crippen LogP contribution < -0.4 is 5.32 Å². The van der Waals surface area contributed by atoms with E-state index in [4.69, 9.17) is 23.7 Å². The van der Waals surface area contributed by atoms with E-state index in [1.54, 1.807) is 24.3 Å². The number of hydrogen-bond acceptors (Lipinski definition) is 9. The molecule has 0 atom stereocenters. The lowest BCUT2D eigenvalue weighted by atomic mass is 10.1. The number of amides is 1. The van der Waals surface area contributed by atoms with Crippen molar-refractivity contribution in [1.82, 2.24) is 0 Å². The lowest BCUT2D eigenvalue weighted by Gasteiger charge is -2.11. The van der Waals surface area contributed by atoms with E-state index < -0.39 is 5.97 Å². The number of ether oxygens (including phenoxy) is 5. The molecule has 0 aliphatic rings. The van der Waals surface area contributed by atoms with Gasteiger partial charge >= 0.3 is 5.97 Å². The van der Waals surface area contributed by atoms with Gasteiger partial charge < -0.3 is 29.0 Å². The predicted octanol–water partition coefficient (Wildman–Crippen LogP) is 3.98. The molecule has 0 aliphatic carbocycles. The van der Waals surface area contributed by atoms with Crippen LogP contribution in [0.4, 0.5) is 5.69 Å². The Labute approximate surface area is 208 Å². The molecule has 0 heterocycles. The Bertz CT molecular complexity index is 702. The van der Waals surface area contributed by atoms with Gasteiger partial charge in [-0.25, -0.2) is 4.79 Å². The van der Waals surface area contributed by atoms with E-state index in [-0.39, 0.29) is 25.7 Å². The third kappa shape index (κ3) is 16.8. The maximum Gasteiger partial charge on any atom is 0.340 e. The second-order valence-corrected chi connectivity index (χ2v) is 7.70. The minimum Gasteiger partial charge on any atom is -0.460 e. The minimum atomic E-state index is -0.507. The predicted molar refractivity (Wildman–Crippen MR) is 133 cm³/mol. The van der Waals surface area contributed by atoms with Gasteiger partial charge in [0.1, 0.15) is 13.2 Å². The molecule has 0 radical (unpaired) electrons. The third-order valence-corrected chi connectivity index (χ3v) is 4.83. The van der Waals surface area contributed by atoms with Gasteiger partial charge in [-0.15, -0.1) is 0 Å². The average Bonchev–Trinajstić information content (AvgIpc) is 2.86. The highest BCUT2D eigenvalue weighted by atomic mass is 16.6. The molecule has 0 fully saturated rings. The standard InChI is InChI=1S/C25H40N2O8/c1-2-3-4-5-6-11-24(28)27-23-10-8-7-9-22(23)25(29)35-21-20-34-19-18-33-17-16-32-15-14-31-13-12-26-30/h7-10H,2-6,11-21H2,1H3,(H,27,28). The molecular weight excluding hydrogens is 456 g/mol. The lowest BCUT2D eigenvalue weighted by molar-refractivity contribution is -0.116. The molecule has 0 saturated heterocycles. The number of carbonyl (C=O) groups excluding carboxylic acids is 2. The molecule has 0 saturated carbocycles. The Kier molecular flexibility index (Phi) is 19.3. The molecule has 0 aliphatic heterocycles. The van der Waals surface area contributed by atoms with E-state index in [9.17, 15) is 14.5 Å². The molecule has 1 aromatic rings. The molecule has 0 unspecified atom stereocenters. The Balaban J connectivity index is 2.09. The van der Waals surface area contributed by atoms with Crippen molar-refractivity contribution >= 4 is 17.6 Å². The smallest absolute Gasteiger partial charge is 0.340 e. The fourth-order valence-corrected chi connectivity index (χ4v) is 3.01. The quantitative estimate of drug-likeness (QED) is 0.137. The van der Waals surface area contributed by atoms with Crippen LogP contribution in [0.2, 0.25) is 0 Å². The number of carbonyl (C=O) groups is 2. The first-order valence-corrected chi connectivity index (χ1v) is 12.3. The van der Waals surface area contributed by atoms with Crippen molar-refractivity contribution in [3.63, 3.8) is 0 Å². The Hall–Kier alpha value is -2.40. The van der Waals surface area contributed by atoms with E-state index in [1.165, 1.54) is 6.42 Å². The zero-order valence-corrected chi connectivity index (χ0v) is 20.8. The topological polar surface area (TPSA) is 122 Å². The molecule has 0 bridgehead atoms. The summed E-state index contributed by atoms with van der Waals surface area (Å²) in [5.41, 5.74) is 0.776. The van der Waals surface area contributed by atoms with E-state index in [0.717, 1.165) is 25.7 Å². The zero-order valence-electron chi connectivity index (χ0n) is 20.8. The van der Waals surface area contributed by atoms with Crippen molar-refractivity contribution < 1.29 is 33.3 Å². The molecule has 1 aromatic carbocycles. The normalized spacial score (nSPS) is 10.8. The summed E-state index contributed by atoms with van der Waals surface area (Å²) in [6.07, 6.45) is 5.78. The van der Waals surface area contributed by atoms with Crippen molar-refractivity contribution in [3.8, 4) is 0 Å². The SMILES string of the molecule is CCCCCCCC(=O)Nc1ccccc1C(=O)OCCOCCOCCOCCOCCN=O. The van der Waals surface area contributed by atoms with Gasteiger partial charge in [-0.2, -0.15) is 4.91 Å². The summed E-state index contributed by atoms with van der Waals surface area (Å²) in [5, 5.41) is 5.51. The van der Waals surface area contributed by atoms with Crippen LogP contribution in [0.25, 0.3) is 0 Å². The van der Waals surface area contributed by atoms with Crippen LogP contribution in [0.3, 0.4) is 0 Å². The van der Waals surface area contributed by atoms with E-state index in [1.807, 2.05) is 0 Å². The van der Waals surface area contributed by atoms with Gasteiger partial charge in [0.25, 0.3) is 0 Å². The van der Waals surface area contributed by atoms with Crippen molar-refractivity contribution in [2.45, 2.75) is 45.4 Å². The summed E-state index contributed by atoms with van der Waals surface area (Å²) in [6.45, 7) is 5.40. The Morgan fingerprint density at radius 1 is 0.771 bits per heavy atom. The van der Waals surface area contributed by atoms with Crippen LogP contribution in [0.15, 0.2) is 29.4 Å². The van der Waals surface area contributed by atoms with Gasteiger partial charge in [-0.3, -0.25) is 4.79 Å². The first kappa shape index (κ1) is 30.6. The highest BCUT2D eigenvalue weighted by molar-refractivity contribution is 6.01. The maximum absolute atomic E-state index is 12.4. The van der Waals surface area contributed by atoms with Gasteiger partial charge in [0.15, 0.2) is 0 Å². The Morgan fingerprint density at radius 2 is 1.34 bits per heavy atom. The first-order valence-electron chi connectivity index (χ1n) is 12.3. The summed E-state index contributed by atoms with van der Waals surface area (Å²) < 4.78 is 26.5. The molecular formula is C25H40N2O8. The average molecular weight is 497 g/mol. The van der Waals surface area contributed by atoms with Gasteiger partial charge in [-0.05, 0) is 18.6 Å². The van der Waals surface area contributed by atoms with Gasteiger partial charge in [-0.1, -0.05) is 49.9 Å². The summed E-state index contributed by atoms with van der Waals surface area (Å²) in [4.78, 5) is 34.5. The summed E-state index contributed by atoms with van der Waals surface area (Å²) >= 11 is 0. The summed E-state index contributed by atoms with van der Waals surface area (Å²) in [5.74, 6) is -0.608. The van der Waals surface area contributed by atoms with E-state index in [2.05, 4.69) is 17.4 Å². The molecule has 1 N–H and O–H groups in total. The second-order valence-electron chi connectivity index (χ2n) is 7.70. The summed E-state index contributed by atoms with van der Waals surface area (Å²) in [6, 6.07) is 6.82. The maximum atomic E-state index is 12.4. The number of nitrogens with zero attached hydrogens (tertiary/aromatic N) is 1. The molecule has 1 rings (SSSR count). The molecule has 0 aromatic heterocycles. The van der Waals surface area contributed by atoms with Crippen LogP contribution in [0.1, 0.15) is 55.8 Å². The van der Waals surface area contributed by atoms with Crippen LogP contribution in [-0.2, 0) is 28.5 Å². The number of benzene rings is 1.